The monoisotopic (exact) mass is 290 g/mol. The molecule has 3 heteroatoms. The topological polar surface area (TPSA) is 17.1 Å². The molecule has 1 aromatic rings. The van der Waals surface area contributed by atoms with Crippen molar-refractivity contribution in [2.45, 2.75) is 6.42 Å². The zero-order chi connectivity index (χ0) is 13.7. The third-order valence-corrected chi connectivity index (χ3v) is 5.24. The molecule has 1 aliphatic rings. The van der Waals surface area contributed by atoms with E-state index in [1.54, 1.807) is 29.6 Å². The van der Waals surface area contributed by atoms with Crippen molar-refractivity contribution in [3.63, 3.8) is 0 Å². The Labute approximate surface area is 123 Å². The minimum absolute atomic E-state index is 0.203. The molecule has 1 aliphatic carbocycles. The maximum atomic E-state index is 12.0. The quantitative estimate of drug-likeness (QED) is 0.719. The van der Waals surface area contributed by atoms with Crippen molar-refractivity contribution in [2.24, 2.45) is 11.8 Å². The molecule has 2 atom stereocenters. The molecule has 0 aromatic heterocycles. The molecule has 2 unspecified atom stereocenters. The molecule has 1 saturated carbocycles. The van der Waals surface area contributed by atoms with Crippen molar-refractivity contribution in [2.75, 3.05) is 12.5 Å². The van der Waals surface area contributed by atoms with Crippen molar-refractivity contribution in [3.05, 3.63) is 52.3 Å². The van der Waals surface area contributed by atoms with Gasteiger partial charge in [0.05, 0.1) is 0 Å². The van der Waals surface area contributed by atoms with E-state index >= 15 is 0 Å². The number of hydrogen-bond donors (Lipinski definition) is 0. The molecule has 1 fully saturated rings. The molecule has 0 heterocycles. The lowest BCUT2D eigenvalue weighted by Gasteiger charge is -1.97. The predicted molar refractivity (Wildman–Crippen MR) is 87.2 cm³/mol. The van der Waals surface area contributed by atoms with Crippen LogP contribution in [-0.2, 0) is 4.79 Å². The summed E-state index contributed by atoms with van der Waals surface area (Å²) in [5.41, 5.74) is 1.20. The van der Waals surface area contributed by atoms with Crippen molar-refractivity contribution in [1.82, 2.24) is 0 Å². The molecule has 0 aliphatic heterocycles. The fraction of sp³-hybridized carbons (Fsp3) is 0.312. The van der Waals surface area contributed by atoms with Crippen LogP contribution in [0.1, 0.15) is 12.0 Å². The molecule has 0 bridgehead atoms. The van der Waals surface area contributed by atoms with Crippen LogP contribution in [0.5, 0.6) is 0 Å². The molecule has 1 nitrogen and oxygen atoms in total. The fourth-order valence-electron chi connectivity index (χ4n) is 1.98. The van der Waals surface area contributed by atoms with E-state index in [9.17, 15) is 4.79 Å². The summed E-state index contributed by atoms with van der Waals surface area (Å²) in [6.07, 6.45) is 11.1. The molecule has 0 radical (unpaired) electrons. The molecular formula is C16H18OS2. The largest absolute Gasteiger partial charge is 0.294 e. The number of allylic oxidation sites excluding steroid dienone is 2. The number of thioether (sulfide) groups is 2. The van der Waals surface area contributed by atoms with Crippen LogP contribution in [0.3, 0.4) is 0 Å². The maximum Gasteiger partial charge on any atom is 0.161 e. The summed E-state index contributed by atoms with van der Waals surface area (Å²) in [6, 6.07) is 10.2. The highest BCUT2D eigenvalue weighted by atomic mass is 32.2. The predicted octanol–water partition coefficient (Wildman–Crippen LogP) is 4.47. The smallest absolute Gasteiger partial charge is 0.161 e. The van der Waals surface area contributed by atoms with E-state index in [1.165, 1.54) is 5.56 Å². The summed E-state index contributed by atoms with van der Waals surface area (Å²) >= 11 is 3.28. The van der Waals surface area contributed by atoms with Gasteiger partial charge in [0.2, 0.25) is 0 Å². The Balaban J connectivity index is 1.89. The van der Waals surface area contributed by atoms with Gasteiger partial charge in [0.1, 0.15) is 0 Å². The van der Waals surface area contributed by atoms with Gasteiger partial charge in [-0.15, -0.1) is 23.5 Å². The van der Waals surface area contributed by atoms with Crippen molar-refractivity contribution < 1.29 is 4.79 Å². The summed E-state index contributed by atoms with van der Waals surface area (Å²) in [5.74, 6) is 0.907. The maximum absolute atomic E-state index is 12.0. The second kappa shape index (κ2) is 7.01. The Morgan fingerprint density at radius 3 is 2.53 bits per heavy atom. The standard InChI is InChI=1S/C16H18OS2/c1-18-16(19-2)11-15(17)14-10-13(14)9-8-12-6-4-3-5-7-12/h3-9,11,13-14H,10H2,1-2H3/b9-8+. The Morgan fingerprint density at radius 1 is 1.21 bits per heavy atom. The van der Waals surface area contributed by atoms with Gasteiger partial charge in [-0.05, 0) is 30.4 Å². The van der Waals surface area contributed by atoms with Crippen molar-refractivity contribution in [3.8, 4) is 0 Å². The van der Waals surface area contributed by atoms with E-state index in [2.05, 4.69) is 24.3 Å². The number of hydrogen-bond acceptors (Lipinski definition) is 3. The average molecular weight is 290 g/mol. The third-order valence-electron chi connectivity index (χ3n) is 3.20. The first kappa shape index (κ1) is 14.5. The van der Waals surface area contributed by atoms with Gasteiger partial charge >= 0.3 is 0 Å². The molecule has 1 aromatic carbocycles. The molecule has 19 heavy (non-hydrogen) atoms. The first-order chi connectivity index (χ1) is 9.24. The van der Waals surface area contributed by atoms with Crippen molar-refractivity contribution >= 4 is 35.4 Å². The second-order valence-electron chi connectivity index (χ2n) is 4.55. The molecule has 0 N–H and O–H groups in total. The van der Waals surface area contributed by atoms with E-state index in [1.807, 2.05) is 30.7 Å². The van der Waals surface area contributed by atoms with Gasteiger partial charge in [-0.3, -0.25) is 4.79 Å². The summed E-state index contributed by atoms with van der Waals surface area (Å²) in [7, 11) is 0. The summed E-state index contributed by atoms with van der Waals surface area (Å²) in [4.78, 5) is 12.0. The second-order valence-corrected chi connectivity index (χ2v) is 6.50. The van der Waals surface area contributed by atoms with Crippen LogP contribution in [0, 0.1) is 11.8 Å². The number of ketones is 1. The van der Waals surface area contributed by atoms with Gasteiger partial charge in [0, 0.05) is 16.2 Å². The van der Waals surface area contributed by atoms with Gasteiger partial charge in [-0.1, -0.05) is 42.5 Å². The first-order valence-electron chi connectivity index (χ1n) is 6.31. The van der Waals surface area contributed by atoms with Crippen LogP contribution in [0.25, 0.3) is 6.08 Å². The molecular weight excluding hydrogens is 272 g/mol. The molecule has 100 valence electrons. The van der Waals surface area contributed by atoms with Gasteiger partial charge in [-0.2, -0.15) is 0 Å². The van der Waals surface area contributed by atoms with E-state index in [-0.39, 0.29) is 11.7 Å². The zero-order valence-electron chi connectivity index (χ0n) is 11.2. The minimum atomic E-state index is 0.203. The molecule has 2 rings (SSSR count). The van der Waals surface area contributed by atoms with Gasteiger partial charge in [0.15, 0.2) is 5.78 Å². The minimum Gasteiger partial charge on any atom is -0.294 e. The Morgan fingerprint density at radius 2 is 1.89 bits per heavy atom. The summed E-state index contributed by atoms with van der Waals surface area (Å²) in [5, 5.41) is 0. The van der Waals surface area contributed by atoms with Crippen LogP contribution in [-0.4, -0.2) is 18.3 Å². The third kappa shape index (κ3) is 4.29. The lowest BCUT2D eigenvalue weighted by Crippen LogP contribution is -1.97. The van der Waals surface area contributed by atoms with Gasteiger partial charge in [0.25, 0.3) is 0 Å². The van der Waals surface area contributed by atoms with Crippen LogP contribution < -0.4 is 0 Å². The lowest BCUT2D eigenvalue weighted by atomic mass is 10.1. The van der Waals surface area contributed by atoms with E-state index in [4.69, 9.17) is 0 Å². The zero-order valence-corrected chi connectivity index (χ0v) is 12.8. The van der Waals surface area contributed by atoms with E-state index in [0.29, 0.717) is 5.92 Å². The number of rotatable bonds is 6. The molecule has 0 saturated heterocycles. The average Bonchev–Trinajstić information content (AvgIpc) is 3.23. The number of carbonyl (C=O) groups is 1. The van der Waals surface area contributed by atoms with Gasteiger partial charge < -0.3 is 0 Å². The highest BCUT2D eigenvalue weighted by Crippen LogP contribution is 2.42. The van der Waals surface area contributed by atoms with Crippen LogP contribution in [0.4, 0.5) is 0 Å². The van der Waals surface area contributed by atoms with Crippen LogP contribution >= 0.6 is 23.5 Å². The summed E-state index contributed by atoms with van der Waals surface area (Å²) < 4.78 is 1.10. The normalized spacial score (nSPS) is 21.4. The summed E-state index contributed by atoms with van der Waals surface area (Å²) in [6.45, 7) is 0. The number of carbonyl (C=O) groups excluding carboxylic acids is 1. The van der Waals surface area contributed by atoms with Crippen LogP contribution in [0.2, 0.25) is 0 Å². The van der Waals surface area contributed by atoms with E-state index < -0.39 is 0 Å². The SMILES string of the molecule is CSC(=CC(=O)C1CC1/C=C/c1ccccc1)SC. The Kier molecular flexibility index (Phi) is 5.34. The number of benzene rings is 1. The van der Waals surface area contributed by atoms with E-state index in [0.717, 1.165) is 10.7 Å². The van der Waals surface area contributed by atoms with Crippen LogP contribution in [0.15, 0.2) is 46.7 Å². The Hall–Kier alpha value is -0.930. The van der Waals surface area contributed by atoms with Gasteiger partial charge in [-0.25, -0.2) is 0 Å². The fourth-order valence-corrected chi connectivity index (χ4v) is 3.11. The highest BCUT2D eigenvalue weighted by molar-refractivity contribution is 8.21. The highest BCUT2D eigenvalue weighted by Gasteiger charge is 2.39. The molecule has 0 spiro atoms. The Bertz CT molecular complexity index is 485. The van der Waals surface area contributed by atoms with Crippen molar-refractivity contribution in [1.29, 1.82) is 0 Å². The lowest BCUT2D eigenvalue weighted by molar-refractivity contribution is -0.115. The molecule has 0 amide bonds. The first-order valence-corrected chi connectivity index (χ1v) is 8.76.